The number of amides is 4. The predicted octanol–water partition coefficient (Wildman–Crippen LogP) is 1.58. The molecule has 0 radical (unpaired) electrons. The number of imide groups is 2. The number of carbonyl (C=O) groups excluding carboxylic acids is 3. The van der Waals surface area contributed by atoms with E-state index in [1.54, 1.807) is 0 Å². The Hall–Kier alpha value is -1.39. The van der Waals surface area contributed by atoms with E-state index in [9.17, 15) is 14.4 Å². The van der Waals surface area contributed by atoms with Gasteiger partial charge in [0, 0.05) is 0 Å². The van der Waals surface area contributed by atoms with Crippen molar-refractivity contribution in [3.8, 4) is 0 Å². The first-order chi connectivity index (χ1) is 8.10. The summed E-state index contributed by atoms with van der Waals surface area (Å²) < 4.78 is 0. The minimum atomic E-state index is -0.713. The molecule has 0 bridgehead atoms. The van der Waals surface area contributed by atoms with Gasteiger partial charge in [0.2, 0.25) is 11.8 Å². The lowest BCUT2D eigenvalue weighted by molar-refractivity contribution is -0.138. The Morgan fingerprint density at radius 1 is 1.06 bits per heavy atom. The van der Waals surface area contributed by atoms with Gasteiger partial charge >= 0.3 is 6.03 Å². The molecule has 0 aromatic carbocycles. The molecule has 0 aromatic rings. The first-order valence-corrected chi connectivity index (χ1v) is 6.25. The van der Waals surface area contributed by atoms with Crippen molar-refractivity contribution in [3.63, 3.8) is 0 Å². The third-order valence-corrected chi connectivity index (χ3v) is 3.21. The number of rotatable bonds is 6. The molecule has 0 saturated carbocycles. The van der Waals surface area contributed by atoms with Crippen LogP contribution in [0.5, 0.6) is 0 Å². The molecule has 1 rings (SSSR count). The van der Waals surface area contributed by atoms with Crippen molar-refractivity contribution in [1.82, 2.24) is 10.6 Å². The standard InChI is InChI=1S/C12H20N2O3/c1-3-5-6-7-8(4-2)9-10(15)13-12(17)14-11(9)16/h8-9H,3-7H2,1-2H3,(H2,13,14,15,16,17). The fourth-order valence-corrected chi connectivity index (χ4v) is 2.22. The summed E-state index contributed by atoms with van der Waals surface area (Å²) in [5.74, 6) is -1.60. The smallest absolute Gasteiger partial charge is 0.277 e. The molecule has 1 aliphatic heterocycles. The van der Waals surface area contributed by atoms with Gasteiger partial charge in [-0.1, -0.05) is 39.5 Å². The van der Waals surface area contributed by atoms with Crippen LogP contribution in [0.2, 0.25) is 0 Å². The van der Waals surface area contributed by atoms with E-state index < -0.39 is 23.8 Å². The molecule has 1 heterocycles. The van der Waals surface area contributed by atoms with Crippen molar-refractivity contribution in [2.45, 2.75) is 46.0 Å². The number of hydrogen-bond acceptors (Lipinski definition) is 3. The Balaban J connectivity index is 2.63. The molecular weight excluding hydrogens is 220 g/mol. The van der Waals surface area contributed by atoms with Crippen LogP contribution in [0.25, 0.3) is 0 Å². The maximum Gasteiger partial charge on any atom is 0.328 e. The summed E-state index contributed by atoms with van der Waals surface area (Å²) in [7, 11) is 0. The minimum Gasteiger partial charge on any atom is -0.277 e. The zero-order valence-electron chi connectivity index (χ0n) is 10.4. The van der Waals surface area contributed by atoms with Crippen LogP contribution >= 0.6 is 0 Å². The van der Waals surface area contributed by atoms with E-state index in [1.807, 2.05) is 6.92 Å². The topological polar surface area (TPSA) is 75.3 Å². The van der Waals surface area contributed by atoms with Crippen molar-refractivity contribution in [2.75, 3.05) is 0 Å². The second-order valence-electron chi connectivity index (χ2n) is 4.45. The van der Waals surface area contributed by atoms with E-state index in [1.165, 1.54) is 0 Å². The normalized spacial score (nSPS) is 18.8. The van der Waals surface area contributed by atoms with Crippen molar-refractivity contribution in [1.29, 1.82) is 0 Å². The average Bonchev–Trinajstić information content (AvgIpc) is 2.25. The van der Waals surface area contributed by atoms with E-state index in [0.29, 0.717) is 0 Å². The highest BCUT2D eigenvalue weighted by molar-refractivity contribution is 6.16. The maximum absolute atomic E-state index is 11.7. The lowest BCUT2D eigenvalue weighted by Crippen LogP contribution is -2.57. The number of carbonyl (C=O) groups is 3. The third kappa shape index (κ3) is 3.54. The molecule has 5 nitrogen and oxygen atoms in total. The fourth-order valence-electron chi connectivity index (χ4n) is 2.22. The van der Waals surface area contributed by atoms with Gasteiger partial charge < -0.3 is 0 Å². The first kappa shape index (κ1) is 13.7. The summed E-state index contributed by atoms with van der Waals surface area (Å²) in [5, 5.41) is 4.31. The predicted molar refractivity (Wildman–Crippen MR) is 63.1 cm³/mol. The highest BCUT2D eigenvalue weighted by atomic mass is 16.2. The van der Waals surface area contributed by atoms with E-state index in [4.69, 9.17) is 0 Å². The van der Waals surface area contributed by atoms with Crippen LogP contribution in [-0.4, -0.2) is 17.8 Å². The Morgan fingerprint density at radius 2 is 1.65 bits per heavy atom. The summed E-state index contributed by atoms with van der Waals surface area (Å²) in [5.41, 5.74) is 0. The van der Waals surface area contributed by atoms with Crippen LogP contribution < -0.4 is 10.6 Å². The van der Waals surface area contributed by atoms with Crippen molar-refractivity contribution < 1.29 is 14.4 Å². The van der Waals surface area contributed by atoms with Gasteiger partial charge in [0.1, 0.15) is 5.92 Å². The number of unbranched alkanes of at least 4 members (excludes halogenated alkanes) is 2. The van der Waals surface area contributed by atoms with Crippen molar-refractivity contribution in [2.24, 2.45) is 11.8 Å². The van der Waals surface area contributed by atoms with Crippen molar-refractivity contribution in [3.05, 3.63) is 0 Å². The maximum atomic E-state index is 11.7. The van der Waals surface area contributed by atoms with Gasteiger partial charge in [-0.25, -0.2) is 4.79 Å². The number of barbiturate groups is 1. The van der Waals surface area contributed by atoms with Crippen LogP contribution in [0.15, 0.2) is 0 Å². The minimum absolute atomic E-state index is 0.0228. The van der Waals surface area contributed by atoms with Gasteiger partial charge in [0.25, 0.3) is 0 Å². The van der Waals surface area contributed by atoms with Gasteiger partial charge in [0.05, 0.1) is 0 Å². The largest absolute Gasteiger partial charge is 0.328 e. The number of nitrogens with one attached hydrogen (secondary N) is 2. The summed E-state index contributed by atoms with van der Waals surface area (Å²) in [6, 6.07) is -0.709. The van der Waals surface area contributed by atoms with Crippen molar-refractivity contribution >= 4 is 17.8 Å². The molecule has 5 heteroatoms. The number of urea groups is 1. The molecule has 4 amide bonds. The number of hydrogen-bond donors (Lipinski definition) is 2. The Labute approximate surface area is 101 Å². The van der Waals surface area contributed by atoms with Crippen LogP contribution in [-0.2, 0) is 9.59 Å². The summed E-state index contributed by atoms with van der Waals surface area (Å²) >= 11 is 0. The third-order valence-electron chi connectivity index (χ3n) is 3.21. The molecule has 1 aliphatic rings. The molecule has 1 fully saturated rings. The monoisotopic (exact) mass is 240 g/mol. The molecule has 1 saturated heterocycles. The van der Waals surface area contributed by atoms with Gasteiger partial charge in [-0.3, -0.25) is 20.2 Å². The van der Waals surface area contributed by atoms with Crippen LogP contribution in [0.4, 0.5) is 4.79 Å². The second kappa shape index (κ2) is 6.37. The van der Waals surface area contributed by atoms with Gasteiger partial charge in [-0.15, -0.1) is 0 Å². The Kier molecular flexibility index (Phi) is 5.12. The molecule has 1 unspecified atom stereocenters. The SMILES string of the molecule is CCCCCC(CC)C1C(=O)NC(=O)NC1=O. The van der Waals surface area contributed by atoms with Crippen LogP contribution in [0.3, 0.4) is 0 Å². The summed E-state index contributed by atoms with van der Waals surface area (Å²) in [4.78, 5) is 34.2. The molecule has 96 valence electrons. The van der Waals surface area contributed by atoms with Gasteiger partial charge in [0.15, 0.2) is 0 Å². The Morgan fingerprint density at radius 3 is 2.12 bits per heavy atom. The highest BCUT2D eigenvalue weighted by Crippen LogP contribution is 2.24. The zero-order chi connectivity index (χ0) is 12.8. The molecular formula is C12H20N2O3. The van der Waals surface area contributed by atoms with E-state index >= 15 is 0 Å². The Bertz CT molecular complexity index is 295. The molecule has 17 heavy (non-hydrogen) atoms. The van der Waals surface area contributed by atoms with E-state index in [-0.39, 0.29) is 5.92 Å². The van der Waals surface area contributed by atoms with E-state index in [2.05, 4.69) is 17.6 Å². The summed E-state index contributed by atoms with van der Waals surface area (Å²) in [6.45, 7) is 4.08. The fraction of sp³-hybridized carbons (Fsp3) is 0.750. The van der Waals surface area contributed by atoms with Crippen LogP contribution in [0.1, 0.15) is 46.0 Å². The molecule has 1 atom stereocenters. The first-order valence-electron chi connectivity index (χ1n) is 6.25. The van der Waals surface area contributed by atoms with E-state index in [0.717, 1.165) is 32.1 Å². The van der Waals surface area contributed by atoms with Gasteiger partial charge in [-0.05, 0) is 12.3 Å². The lowest BCUT2D eigenvalue weighted by Gasteiger charge is -2.27. The highest BCUT2D eigenvalue weighted by Gasteiger charge is 2.38. The zero-order valence-corrected chi connectivity index (χ0v) is 10.4. The lowest BCUT2D eigenvalue weighted by atomic mass is 9.83. The van der Waals surface area contributed by atoms with Crippen LogP contribution in [0, 0.1) is 11.8 Å². The molecule has 0 aliphatic carbocycles. The molecule has 0 aromatic heterocycles. The van der Waals surface area contributed by atoms with Gasteiger partial charge in [-0.2, -0.15) is 0 Å². The second-order valence-corrected chi connectivity index (χ2v) is 4.45. The average molecular weight is 240 g/mol. The molecule has 0 spiro atoms. The quantitative estimate of drug-likeness (QED) is 0.546. The summed E-state index contributed by atoms with van der Waals surface area (Å²) in [6.07, 6.45) is 4.84. The molecule has 2 N–H and O–H groups in total.